The smallest absolute Gasteiger partial charge is 0.0360 e. The van der Waals surface area contributed by atoms with Gasteiger partial charge in [-0.1, -0.05) is 27.2 Å². The van der Waals surface area contributed by atoms with Crippen LogP contribution in [0.2, 0.25) is 0 Å². The molecule has 0 spiro atoms. The molecule has 0 aliphatic heterocycles. The maximum atomic E-state index is 11.2. The lowest BCUT2D eigenvalue weighted by molar-refractivity contribution is 0.288. The fourth-order valence-electron chi connectivity index (χ4n) is 2.20. The molecule has 84 valence electrons. The van der Waals surface area contributed by atoms with E-state index in [0.29, 0.717) is 11.5 Å². The zero-order chi connectivity index (χ0) is 10.6. The average Bonchev–Trinajstić information content (AvgIpc) is 2.45. The Morgan fingerprint density at radius 3 is 2.71 bits per heavy atom. The highest BCUT2D eigenvalue weighted by molar-refractivity contribution is 7.84. The third-order valence-corrected chi connectivity index (χ3v) is 4.60. The van der Waals surface area contributed by atoms with Gasteiger partial charge in [-0.3, -0.25) is 4.21 Å². The molecule has 0 aromatic carbocycles. The van der Waals surface area contributed by atoms with E-state index >= 15 is 0 Å². The van der Waals surface area contributed by atoms with Crippen LogP contribution in [0.25, 0.3) is 0 Å². The summed E-state index contributed by atoms with van der Waals surface area (Å²) in [4.78, 5) is 0. The van der Waals surface area contributed by atoms with Gasteiger partial charge in [-0.2, -0.15) is 0 Å². The molecule has 2 atom stereocenters. The molecule has 14 heavy (non-hydrogen) atoms. The largest absolute Gasteiger partial charge is 0.313 e. The third kappa shape index (κ3) is 3.35. The standard InChI is InChI=1S/C11H23NOS/c1-4-14(13)9-8-12-10-6-5-7-11(10,2)3/h10,12H,4-9H2,1-3H3. The number of hydrogen-bond donors (Lipinski definition) is 1. The van der Waals surface area contributed by atoms with Crippen molar-refractivity contribution in [2.45, 2.75) is 46.1 Å². The van der Waals surface area contributed by atoms with Crippen molar-refractivity contribution >= 4 is 10.8 Å². The quantitative estimate of drug-likeness (QED) is 0.762. The highest BCUT2D eigenvalue weighted by Crippen LogP contribution is 2.36. The molecule has 1 fully saturated rings. The lowest BCUT2D eigenvalue weighted by atomic mass is 9.87. The molecule has 1 rings (SSSR count). The second kappa shape index (κ2) is 5.26. The van der Waals surface area contributed by atoms with Crippen LogP contribution < -0.4 is 5.32 Å². The molecule has 0 amide bonds. The van der Waals surface area contributed by atoms with Gasteiger partial charge < -0.3 is 5.32 Å². The normalized spacial score (nSPS) is 27.8. The Bertz CT molecular complexity index is 203. The van der Waals surface area contributed by atoms with E-state index in [1.807, 2.05) is 6.92 Å². The summed E-state index contributed by atoms with van der Waals surface area (Å²) in [6, 6.07) is 0.636. The van der Waals surface area contributed by atoms with Crippen molar-refractivity contribution in [1.82, 2.24) is 5.32 Å². The summed E-state index contributed by atoms with van der Waals surface area (Å²) >= 11 is 0. The fourth-order valence-corrected chi connectivity index (χ4v) is 2.83. The molecular weight excluding hydrogens is 194 g/mol. The zero-order valence-electron chi connectivity index (χ0n) is 9.64. The molecule has 2 nitrogen and oxygen atoms in total. The summed E-state index contributed by atoms with van der Waals surface area (Å²) in [6.45, 7) is 7.55. The van der Waals surface area contributed by atoms with E-state index < -0.39 is 10.8 Å². The lowest BCUT2D eigenvalue weighted by Gasteiger charge is -2.27. The first-order chi connectivity index (χ1) is 6.56. The van der Waals surface area contributed by atoms with Gasteiger partial charge in [-0.15, -0.1) is 0 Å². The number of nitrogens with one attached hydrogen (secondary N) is 1. The van der Waals surface area contributed by atoms with Gasteiger partial charge in [0.05, 0.1) is 0 Å². The van der Waals surface area contributed by atoms with Gasteiger partial charge >= 0.3 is 0 Å². The first kappa shape index (κ1) is 12.2. The Balaban J connectivity index is 2.21. The monoisotopic (exact) mass is 217 g/mol. The van der Waals surface area contributed by atoms with Crippen LogP contribution in [0.3, 0.4) is 0 Å². The third-order valence-electron chi connectivity index (χ3n) is 3.30. The Labute approximate surface area is 90.3 Å². The highest BCUT2D eigenvalue weighted by atomic mass is 32.2. The second-order valence-corrected chi connectivity index (χ2v) is 6.69. The second-order valence-electron chi connectivity index (χ2n) is 4.82. The van der Waals surface area contributed by atoms with Crippen molar-refractivity contribution in [2.24, 2.45) is 5.41 Å². The van der Waals surface area contributed by atoms with Crippen LogP contribution in [0.1, 0.15) is 40.0 Å². The summed E-state index contributed by atoms with van der Waals surface area (Å²) in [7, 11) is -0.614. The Hall–Kier alpha value is 0.110. The van der Waals surface area contributed by atoms with Crippen LogP contribution in [-0.4, -0.2) is 28.3 Å². The topological polar surface area (TPSA) is 29.1 Å². The van der Waals surface area contributed by atoms with Crippen LogP contribution in [0.4, 0.5) is 0 Å². The minimum absolute atomic E-state index is 0.438. The SMILES string of the molecule is CCS(=O)CCNC1CCCC1(C)C. The number of hydrogen-bond acceptors (Lipinski definition) is 2. The molecule has 0 bridgehead atoms. The summed E-state index contributed by atoms with van der Waals surface area (Å²) in [5.74, 6) is 1.60. The molecule has 2 unspecified atom stereocenters. The van der Waals surface area contributed by atoms with Gasteiger partial charge in [0.15, 0.2) is 0 Å². The van der Waals surface area contributed by atoms with Gasteiger partial charge in [0.1, 0.15) is 0 Å². The van der Waals surface area contributed by atoms with E-state index in [0.717, 1.165) is 18.1 Å². The van der Waals surface area contributed by atoms with Crippen LogP contribution in [0.15, 0.2) is 0 Å². The molecule has 1 aliphatic carbocycles. The molecule has 1 saturated carbocycles. The van der Waals surface area contributed by atoms with Crippen molar-refractivity contribution in [3.05, 3.63) is 0 Å². The van der Waals surface area contributed by atoms with Crippen LogP contribution >= 0.6 is 0 Å². The molecule has 1 N–H and O–H groups in total. The Morgan fingerprint density at radius 1 is 1.50 bits per heavy atom. The van der Waals surface area contributed by atoms with Gasteiger partial charge in [-0.05, 0) is 18.3 Å². The molecule has 0 aromatic rings. The zero-order valence-corrected chi connectivity index (χ0v) is 10.5. The summed E-state index contributed by atoms with van der Waals surface area (Å²) in [5, 5.41) is 3.54. The predicted octanol–water partition coefficient (Wildman–Crippen LogP) is 1.92. The van der Waals surface area contributed by atoms with Crippen molar-refractivity contribution in [3.8, 4) is 0 Å². The van der Waals surface area contributed by atoms with E-state index in [9.17, 15) is 4.21 Å². The van der Waals surface area contributed by atoms with Crippen molar-refractivity contribution in [3.63, 3.8) is 0 Å². The van der Waals surface area contributed by atoms with Crippen LogP contribution in [0, 0.1) is 5.41 Å². The first-order valence-corrected chi connectivity index (χ1v) is 7.13. The average molecular weight is 217 g/mol. The highest BCUT2D eigenvalue weighted by Gasteiger charge is 2.33. The minimum atomic E-state index is -0.614. The van der Waals surface area contributed by atoms with Crippen LogP contribution in [-0.2, 0) is 10.8 Å². The van der Waals surface area contributed by atoms with E-state index in [1.165, 1.54) is 19.3 Å². The van der Waals surface area contributed by atoms with Gasteiger partial charge in [-0.25, -0.2) is 0 Å². The maximum Gasteiger partial charge on any atom is 0.0360 e. The summed E-state index contributed by atoms with van der Waals surface area (Å²) in [6.07, 6.45) is 3.94. The van der Waals surface area contributed by atoms with Crippen molar-refractivity contribution in [2.75, 3.05) is 18.1 Å². The number of rotatable bonds is 5. The van der Waals surface area contributed by atoms with E-state index in [1.54, 1.807) is 0 Å². The molecular formula is C11H23NOS. The minimum Gasteiger partial charge on any atom is -0.313 e. The molecule has 0 heterocycles. The maximum absolute atomic E-state index is 11.2. The molecule has 1 aliphatic rings. The molecule has 0 radical (unpaired) electrons. The predicted molar refractivity (Wildman–Crippen MR) is 63.0 cm³/mol. The fraction of sp³-hybridized carbons (Fsp3) is 1.00. The molecule has 3 heteroatoms. The van der Waals surface area contributed by atoms with Gasteiger partial charge in [0.25, 0.3) is 0 Å². The Kier molecular flexibility index (Phi) is 4.58. The molecule has 0 aromatic heterocycles. The van der Waals surface area contributed by atoms with Crippen molar-refractivity contribution in [1.29, 1.82) is 0 Å². The lowest BCUT2D eigenvalue weighted by Crippen LogP contribution is -2.39. The summed E-state index contributed by atoms with van der Waals surface area (Å²) in [5.41, 5.74) is 0.438. The van der Waals surface area contributed by atoms with Crippen molar-refractivity contribution < 1.29 is 4.21 Å². The van der Waals surface area contributed by atoms with Gasteiger partial charge in [0.2, 0.25) is 0 Å². The Morgan fingerprint density at radius 2 is 2.21 bits per heavy atom. The van der Waals surface area contributed by atoms with Gasteiger partial charge in [0, 0.05) is 34.9 Å². The van der Waals surface area contributed by atoms with E-state index in [2.05, 4.69) is 19.2 Å². The van der Waals surface area contributed by atoms with Crippen LogP contribution in [0.5, 0.6) is 0 Å². The first-order valence-electron chi connectivity index (χ1n) is 5.64. The van der Waals surface area contributed by atoms with E-state index in [4.69, 9.17) is 0 Å². The van der Waals surface area contributed by atoms with E-state index in [-0.39, 0.29) is 0 Å². The molecule has 0 saturated heterocycles. The summed E-state index contributed by atoms with van der Waals surface area (Å²) < 4.78 is 11.2.